The van der Waals surface area contributed by atoms with Crippen LogP contribution in [-0.4, -0.2) is 18.1 Å². The monoisotopic (exact) mass is 203 g/mol. The van der Waals surface area contributed by atoms with Gasteiger partial charge in [-0.3, -0.25) is 0 Å². The largest absolute Gasteiger partial charge is 0.346 e. The van der Waals surface area contributed by atoms with Crippen molar-refractivity contribution in [3.05, 3.63) is 23.9 Å². The number of hydrogen-bond acceptors (Lipinski definition) is 3. The summed E-state index contributed by atoms with van der Waals surface area (Å²) in [5.74, 6) is 3.52. The molecule has 1 atom stereocenters. The molecule has 0 radical (unpaired) electrons. The SMILES string of the molecule is C#CCN(CC)c1ccc(C(C)N)cn1. The fraction of sp³-hybridized carbons (Fsp3) is 0.417. The molecule has 0 aromatic carbocycles. The van der Waals surface area contributed by atoms with Crippen molar-refractivity contribution in [3.8, 4) is 12.3 Å². The first-order valence-electron chi connectivity index (χ1n) is 5.09. The van der Waals surface area contributed by atoms with Gasteiger partial charge in [0.05, 0.1) is 6.54 Å². The molecule has 0 saturated heterocycles. The molecule has 15 heavy (non-hydrogen) atoms. The Labute approximate surface area is 91.3 Å². The van der Waals surface area contributed by atoms with Crippen molar-refractivity contribution in [2.24, 2.45) is 5.73 Å². The summed E-state index contributed by atoms with van der Waals surface area (Å²) in [7, 11) is 0. The van der Waals surface area contributed by atoms with E-state index in [1.807, 2.05) is 24.0 Å². The quantitative estimate of drug-likeness (QED) is 0.755. The van der Waals surface area contributed by atoms with E-state index in [-0.39, 0.29) is 6.04 Å². The summed E-state index contributed by atoms with van der Waals surface area (Å²) < 4.78 is 0. The van der Waals surface area contributed by atoms with Gasteiger partial charge in [-0.25, -0.2) is 4.98 Å². The van der Waals surface area contributed by atoms with Crippen LogP contribution in [-0.2, 0) is 0 Å². The van der Waals surface area contributed by atoms with Gasteiger partial charge in [0.15, 0.2) is 0 Å². The van der Waals surface area contributed by atoms with Crippen molar-refractivity contribution >= 4 is 5.82 Å². The first-order chi connectivity index (χ1) is 7.19. The Morgan fingerprint density at radius 1 is 1.60 bits per heavy atom. The molecule has 1 heterocycles. The van der Waals surface area contributed by atoms with E-state index in [0.717, 1.165) is 17.9 Å². The molecule has 1 aromatic heterocycles. The Morgan fingerprint density at radius 3 is 2.73 bits per heavy atom. The smallest absolute Gasteiger partial charge is 0.129 e. The lowest BCUT2D eigenvalue weighted by molar-refractivity contribution is 0.806. The number of aromatic nitrogens is 1. The van der Waals surface area contributed by atoms with E-state index in [0.29, 0.717) is 6.54 Å². The lowest BCUT2D eigenvalue weighted by Crippen LogP contribution is -2.23. The zero-order valence-corrected chi connectivity index (χ0v) is 9.27. The second-order valence-electron chi connectivity index (χ2n) is 3.46. The Morgan fingerprint density at radius 2 is 2.33 bits per heavy atom. The number of pyridine rings is 1. The molecule has 0 aliphatic rings. The van der Waals surface area contributed by atoms with Crippen LogP contribution in [0.4, 0.5) is 5.82 Å². The van der Waals surface area contributed by atoms with Gasteiger partial charge in [0.1, 0.15) is 5.82 Å². The first-order valence-corrected chi connectivity index (χ1v) is 5.09. The second kappa shape index (κ2) is 5.38. The van der Waals surface area contributed by atoms with Crippen LogP contribution >= 0.6 is 0 Å². The van der Waals surface area contributed by atoms with E-state index in [1.165, 1.54) is 0 Å². The van der Waals surface area contributed by atoms with Gasteiger partial charge < -0.3 is 10.6 Å². The maximum absolute atomic E-state index is 5.75. The van der Waals surface area contributed by atoms with E-state index in [1.54, 1.807) is 6.20 Å². The predicted octanol–water partition coefficient (Wildman–Crippen LogP) is 1.56. The van der Waals surface area contributed by atoms with Crippen LogP contribution in [0, 0.1) is 12.3 Å². The summed E-state index contributed by atoms with van der Waals surface area (Å²) in [6, 6.07) is 3.97. The zero-order valence-electron chi connectivity index (χ0n) is 9.27. The number of rotatable bonds is 4. The van der Waals surface area contributed by atoms with Crippen molar-refractivity contribution in [3.63, 3.8) is 0 Å². The van der Waals surface area contributed by atoms with Crippen molar-refractivity contribution in [2.75, 3.05) is 18.0 Å². The predicted molar refractivity (Wildman–Crippen MR) is 63.6 cm³/mol. The summed E-state index contributed by atoms with van der Waals surface area (Å²) in [6.07, 6.45) is 7.09. The Hall–Kier alpha value is -1.53. The van der Waals surface area contributed by atoms with Crippen LogP contribution < -0.4 is 10.6 Å². The van der Waals surface area contributed by atoms with Crippen LogP contribution in [0.3, 0.4) is 0 Å². The van der Waals surface area contributed by atoms with Crippen molar-refractivity contribution in [1.82, 2.24) is 4.98 Å². The minimum Gasteiger partial charge on any atom is -0.346 e. The van der Waals surface area contributed by atoms with E-state index >= 15 is 0 Å². The van der Waals surface area contributed by atoms with Gasteiger partial charge in [0, 0.05) is 18.8 Å². The number of nitrogens with zero attached hydrogens (tertiary/aromatic N) is 2. The molecular formula is C12H17N3. The molecule has 0 aliphatic carbocycles. The zero-order chi connectivity index (χ0) is 11.3. The highest BCUT2D eigenvalue weighted by atomic mass is 15.2. The lowest BCUT2D eigenvalue weighted by Gasteiger charge is -2.19. The van der Waals surface area contributed by atoms with Gasteiger partial charge >= 0.3 is 0 Å². The van der Waals surface area contributed by atoms with Crippen LogP contribution in [0.2, 0.25) is 0 Å². The maximum Gasteiger partial charge on any atom is 0.129 e. The lowest BCUT2D eigenvalue weighted by atomic mass is 10.1. The third-order valence-electron chi connectivity index (χ3n) is 2.28. The molecule has 0 spiro atoms. The number of nitrogens with two attached hydrogens (primary N) is 1. The topological polar surface area (TPSA) is 42.1 Å². The highest BCUT2D eigenvalue weighted by molar-refractivity contribution is 5.40. The Kier molecular flexibility index (Phi) is 4.14. The van der Waals surface area contributed by atoms with Crippen molar-refractivity contribution < 1.29 is 0 Å². The molecule has 0 fully saturated rings. The number of hydrogen-bond donors (Lipinski definition) is 1. The molecule has 3 heteroatoms. The van der Waals surface area contributed by atoms with Crippen LogP contribution in [0.15, 0.2) is 18.3 Å². The van der Waals surface area contributed by atoms with Crippen molar-refractivity contribution in [1.29, 1.82) is 0 Å². The summed E-state index contributed by atoms with van der Waals surface area (Å²) in [5, 5.41) is 0. The molecule has 1 rings (SSSR count). The van der Waals surface area contributed by atoms with Crippen molar-refractivity contribution in [2.45, 2.75) is 19.9 Å². The van der Waals surface area contributed by atoms with E-state index in [9.17, 15) is 0 Å². The third-order valence-corrected chi connectivity index (χ3v) is 2.28. The van der Waals surface area contributed by atoms with Crippen LogP contribution in [0.1, 0.15) is 25.5 Å². The molecule has 2 N–H and O–H groups in total. The van der Waals surface area contributed by atoms with Gasteiger partial charge in [-0.1, -0.05) is 12.0 Å². The maximum atomic E-state index is 5.75. The minimum atomic E-state index is 0.0225. The molecule has 3 nitrogen and oxygen atoms in total. The Balaban J connectivity index is 2.83. The summed E-state index contributed by atoms with van der Waals surface area (Å²) >= 11 is 0. The molecule has 0 amide bonds. The molecule has 80 valence electrons. The van der Waals surface area contributed by atoms with Crippen LogP contribution in [0.25, 0.3) is 0 Å². The van der Waals surface area contributed by atoms with Gasteiger partial charge in [0.2, 0.25) is 0 Å². The first kappa shape index (κ1) is 11.5. The average Bonchev–Trinajstić information content (AvgIpc) is 2.26. The van der Waals surface area contributed by atoms with Crippen LogP contribution in [0.5, 0.6) is 0 Å². The normalized spacial score (nSPS) is 11.9. The summed E-state index contributed by atoms with van der Waals surface area (Å²) in [5.41, 5.74) is 6.78. The summed E-state index contributed by atoms with van der Waals surface area (Å²) in [6.45, 7) is 5.43. The summed E-state index contributed by atoms with van der Waals surface area (Å²) in [4.78, 5) is 6.37. The molecule has 1 aromatic rings. The number of anilines is 1. The van der Waals surface area contributed by atoms with Gasteiger partial charge in [-0.2, -0.15) is 0 Å². The fourth-order valence-electron chi connectivity index (χ4n) is 1.32. The van der Waals surface area contributed by atoms with E-state index < -0.39 is 0 Å². The fourth-order valence-corrected chi connectivity index (χ4v) is 1.32. The van der Waals surface area contributed by atoms with Gasteiger partial charge in [-0.05, 0) is 25.5 Å². The molecule has 0 saturated carbocycles. The second-order valence-corrected chi connectivity index (χ2v) is 3.46. The van der Waals surface area contributed by atoms with E-state index in [2.05, 4.69) is 17.8 Å². The average molecular weight is 203 g/mol. The van der Waals surface area contributed by atoms with Gasteiger partial charge in [-0.15, -0.1) is 6.42 Å². The molecule has 0 aliphatic heterocycles. The molecule has 1 unspecified atom stereocenters. The highest BCUT2D eigenvalue weighted by Crippen LogP contribution is 2.14. The Bertz CT molecular complexity index is 335. The molecular weight excluding hydrogens is 186 g/mol. The third kappa shape index (κ3) is 2.97. The molecule has 0 bridgehead atoms. The minimum absolute atomic E-state index is 0.0225. The highest BCUT2D eigenvalue weighted by Gasteiger charge is 2.05. The van der Waals surface area contributed by atoms with Gasteiger partial charge in [0.25, 0.3) is 0 Å². The number of terminal acetylenes is 1. The standard InChI is InChI=1S/C12H17N3/c1-4-8-15(5-2)12-7-6-11(9-14-12)10(3)13/h1,6-7,9-10H,5,8,13H2,2-3H3. The van der Waals surface area contributed by atoms with E-state index in [4.69, 9.17) is 12.2 Å².